The molecule has 108 valence electrons. The van der Waals surface area contributed by atoms with E-state index in [-0.39, 0.29) is 5.78 Å². The summed E-state index contributed by atoms with van der Waals surface area (Å²) in [6.07, 6.45) is 0. The highest BCUT2D eigenvalue weighted by Crippen LogP contribution is 2.25. The Morgan fingerprint density at radius 1 is 1.05 bits per heavy atom. The zero-order valence-corrected chi connectivity index (χ0v) is 13.5. The highest BCUT2D eigenvalue weighted by atomic mass is 79.9. The summed E-state index contributed by atoms with van der Waals surface area (Å²) in [6.45, 7) is 1.48. The van der Waals surface area contributed by atoms with E-state index in [0.29, 0.717) is 26.4 Å². The molecule has 2 N–H and O–H groups in total. The van der Waals surface area contributed by atoms with Gasteiger partial charge in [0.1, 0.15) is 0 Å². The van der Waals surface area contributed by atoms with Crippen LogP contribution < -0.4 is 10.6 Å². The van der Waals surface area contributed by atoms with Crippen LogP contribution in [0.2, 0.25) is 5.02 Å². The standard InChI is InChI=1S/C15H12BrClN2O2/c1-9(20)10-3-2-4-11(7-10)18-15(21)19-12-5-6-14(17)13(16)8-12/h2-8H,1H3,(H2,18,19,21). The Hall–Kier alpha value is -1.85. The molecule has 0 aromatic heterocycles. The summed E-state index contributed by atoms with van der Waals surface area (Å²) in [5, 5.41) is 5.92. The quantitative estimate of drug-likeness (QED) is 0.754. The Labute approximate surface area is 135 Å². The van der Waals surface area contributed by atoms with Gasteiger partial charge in [-0.1, -0.05) is 23.7 Å². The maximum Gasteiger partial charge on any atom is 0.323 e. The molecule has 0 fully saturated rings. The van der Waals surface area contributed by atoms with Crippen molar-refractivity contribution in [3.8, 4) is 0 Å². The van der Waals surface area contributed by atoms with Crippen LogP contribution in [-0.2, 0) is 0 Å². The summed E-state index contributed by atoms with van der Waals surface area (Å²) >= 11 is 9.17. The Balaban J connectivity index is 2.06. The van der Waals surface area contributed by atoms with Crippen molar-refractivity contribution in [2.75, 3.05) is 10.6 Å². The fraction of sp³-hybridized carbons (Fsp3) is 0.0667. The number of hydrogen-bond acceptors (Lipinski definition) is 2. The van der Waals surface area contributed by atoms with E-state index < -0.39 is 6.03 Å². The smallest absolute Gasteiger partial charge is 0.308 e. The van der Waals surface area contributed by atoms with Gasteiger partial charge in [0.25, 0.3) is 0 Å². The van der Waals surface area contributed by atoms with Gasteiger partial charge in [-0.3, -0.25) is 4.79 Å². The summed E-state index contributed by atoms with van der Waals surface area (Å²) in [5.41, 5.74) is 1.70. The normalized spacial score (nSPS) is 10.0. The summed E-state index contributed by atoms with van der Waals surface area (Å²) in [6, 6.07) is 11.4. The van der Waals surface area contributed by atoms with Crippen LogP contribution in [0, 0.1) is 0 Å². The third-order valence-electron chi connectivity index (χ3n) is 2.70. The summed E-state index contributed by atoms with van der Waals surface area (Å²) < 4.78 is 0.695. The lowest BCUT2D eigenvalue weighted by molar-refractivity contribution is 0.101. The van der Waals surface area contributed by atoms with Gasteiger partial charge in [-0.05, 0) is 53.2 Å². The number of amides is 2. The number of benzene rings is 2. The molecule has 0 saturated heterocycles. The second-order valence-electron chi connectivity index (χ2n) is 4.35. The number of hydrogen-bond donors (Lipinski definition) is 2. The minimum absolute atomic E-state index is 0.0549. The number of carbonyl (C=O) groups excluding carboxylic acids is 2. The first kappa shape index (κ1) is 15.5. The van der Waals surface area contributed by atoms with Gasteiger partial charge >= 0.3 is 6.03 Å². The van der Waals surface area contributed by atoms with E-state index in [4.69, 9.17) is 11.6 Å². The van der Waals surface area contributed by atoms with Gasteiger partial charge in [-0.2, -0.15) is 0 Å². The molecule has 0 heterocycles. The Morgan fingerprint density at radius 3 is 2.33 bits per heavy atom. The molecule has 0 aliphatic heterocycles. The molecule has 2 aromatic rings. The van der Waals surface area contributed by atoms with E-state index in [1.165, 1.54) is 6.92 Å². The molecule has 0 atom stereocenters. The Bertz CT molecular complexity index is 704. The van der Waals surface area contributed by atoms with Crippen molar-refractivity contribution in [3.63, 3.8) is 0 Å². The molecule has 0 bridgehead atoms. The van der Waals surface area contributed by atoms with Crippen LogP contribution in [0.25, 0.3) is 0 Å². The molecule has 2 amide bonds. The van der Waals surface area contributed by atoms with Crippen molar-refractivity contribution in [3.05, 3.63) is 57.5 Å². The SMILES string of the molecule is CC(=O)c1cccc(NC(=O)Nc2ccc(Cl)c(Br)c2)c1. The largest absolute Gasteiger partial charge is 0.323 e. The minimum atomic E-state index is -0.398. The lowest BCUT2D eigenvalue weighted by Gasteiger charge is -2.09. The van der Waals surface area contributed by atoms with E-state index in [1.54, 1.807) is 42.5 Å². The number of carbonyl (C=O) groups is 2. The highest BCUT2D eigenvalue weighted by molar-refractivity contribution is 9.10. The molecule has 0 radical (unpaired) electrons. The molecule has 0 aliphatic carbocycles. The number of urea groups is 1. The Morgan fingerprint density at radius 2 is 1.71 bits per heavy atom. The van der Waals surface area contributed by atoms with E-state index in [2.05, 4.69) is 26.6 Å². The lowest BCUT2D eigenvalue weighted by Crippen LogP contribution is -2.19. The first-order valence-corrected chi connectivity index (χ1v) is 7.27. The zero-order chi connectivity index (χ0) is 15.4. The molecule has 2 aromatic carbocycles. The molecule has 2 rings (SSSR count). The molecule has 0 saturated carbocycles. The van der Waals surface area contributed by atoms with Crippen LogP contribution in [0.3, 0.4) is 0 Å². The Kier molecular flexibility index (Phi) is 4.98. The number of halogens is 2. The van der Waals surface area contributed by atoms with Crippen LogP contribution in [0.4, 0.5) is 16.2 Å². The van der Waals surface area contributed by atoms with Gasteiger partial charge in [0, 0.05) is 21.4 Å². The van der Waals surface area contributed by atoms with Gasteiger partial charge in [0.15, 0.2) is 5.78 Å². The average Bonchev–Trinajstić information content (AvgIpc) is 2.43. The molecule has 0 aliphatic rings. The van der Waals surface area contributed by atoms with Crippen LogP contribution >= 0.6 is 27.5 Å². The van der Waals surface area contributed by atoms with Gasteiger partial charge < -0.3 is 10.6 Å². The molecule has 6 heteroatoms. The molecular weight excluding hydrogens is 356 g/mol. The van der Waals surface area contributed by atoms with Crippen LogP contribution in [0.15, 0.2) is 46.9 Å². The maximum absolute atomic E-state index is 11.9. The lowest BCUT2D eigenvalue weighted by atomic mass is 10.1. The van der Waals surface area contributed by atoms with Crippen molar-refractivity contribution >= 4 is 50.7 Å². The maximum atomic E-state index is 11.9. The molecule has 4 nitrogen and oxygen atoms in total. The minimum Gasteiger partial charge on any atom is -0.308 e. The van der Waals surface area contributed by atoms with Crippen LogP contribution in [0.5, 0.6) is 0 Å². The molecule has 0 unspecified atom stereocenters. The van der Waals surface area contributed by atoms with Crippen molar-refractivity contribution in [1.82, 2.24) is 0 Å². The van der Waals surface area contributed by atoms with Gasteiger partial charge in [0.2, 0.25) is 0 Å². The van der Waals surface area contributed by atoms with E-state index in [9.17, 15) is 9.59 Å². The second kappa shape index (κ2) is 6.74. The van der Waals surface area contributed by atoms with Crippen molar-refractivity contribution in [2.24, 2.45) is 0 Å². The predicted molar refractivity (Wildman–Crippen MR) is 88.2 cm³/mol. The number of rotatable bonds is 3. The first-order chi connectivity index (χ1) is 9.95. The average molecular weight is 368 g/mol. The van der Waals surface area contributed by atoms with E-state index in [0.717, 1.165) is 0 Å². The third kappa shape index (κ3) is 4.31. The van der Waals surface area contributed by atoms with Crippen LogP contribution in [-0.4, -0.2) is 11.8 Å². The molecule has 21 heavy (non-hydrogen) atoms. The van der Waals surface area contributed by atoms with Gasteiger partial charge in [-0.25, -0.2) is 4.79 Å². The second-order valence-corrected chi connectivity index (χ2v) is 5.61. The number of nitrogens with one attached hydrogen (secondary N) is 2. The number of ketones is 1. The van der Waals surface area contributed by atoms with Crippen LogP contribution in [0.1, 0.15) is 17.3 Å². The highest BCUT2D eigenvalue weighted by Gasteiger charge is 2.06. The zero-order valence-electron chi connectivity index (χ0n) is 11.1. The fourth-order valence-electron chi connectivity index (χ4n) is 1.68. The van der Waals surface area contributed by atoms with Gasteiger partial charge in [-0.15, -0.1) is 0 Å². The predicted octanol–water partition coefficient (Wildman–Crippen LogP) is 4.95. The molecule has 0 spiro atoms. The van der Waals surface area contributed by atoms with E-state index >= 15 is 0 Å². The fourth-order valence-corrected chi connectivity index (χ4v) is 2.18. The first-order valence-electron chi connectivity index (χ1n) is 6.10. The summed E-state index contributed by atoms with van der Waals surface area (Å²) in [4.78, 5) is 23.2. The third-order valence-corrected chi connectivity index (χ3v) is 3.92. The van der Waals surface area contributed by atoms with E-state index in [1.807, 2.05) is 0 Å². The van der Waals surface area contributed by atoms with Crippen molar-refractivity contribution < 1.29 is 9.59 Å². The molecular formula is C15H12BrClN2O2. The summed E-state index contributed by atoms with van der Waals surface area (Å²) in [5.74, 6) is -0.0549. The number of anilines is 2. The monoisotopic (exact) mass is 366 g/mol. The van der Waals surface area contributed by atoms with Gasteiger partial charge in [0.05, 0.1) is 5.02 Å². The summed E-state index contributed by atoms with van der Waals surface area (Å²) in [7, 11) is 0. The van der Waals surface area contributed by atoms with Crippen molar-refractivity contribution in [1.29, 1.82) is 0 Å². The number of Topliss-reactive ketones (excluding diaryl/α,β-unsaturated/α-hetero) is 1. The topological polar surface area (TPSA) is 58.2 Å². The van der Waals surface area contributed by atoms with Crippen molar-refractivity contribution in [2.45, 2.75) is 6.92 Å².